The Hall–Kier alpha value is -1.35. The fourth-order valence-corrected chi connectivity index (χ4v) is 2.39. The van der Waals surface area contributed by atoms with E-state index in [4.69, 9.17) is 11.1 Å². The Morgan fingerprint density at radius 3 is 2.71 bits per heavy atom. The number of nitrogens with zero attached hydrogens (tertiary/aromatic N) is 1. The lowest BCUT2D eigenvalue weighted by atomic mass is 9.85. The lowest BCUT2D eigenvalue weighted by molar-refractivity contribution is 0.200. The van der Waals surface area contributed by atoms with E-state index in [1.54, 1.807) is 0 Å². The molecule has 3 nitrogen and oxygen atoms in total. The SMILES string of the molecule is CN(Cc1ccccc1C(=N)N)CC1CCC1. The summed E-state index contributed by atoms with van der Waals surface area (Å²) < 4.78 is 0. The summed E-state index contributed by atoms with van der Waals surface area (Å²) in [5.74, 6) is 1.04. The highest BCUT2D eigenvalue weighted by atomic mass is 15.1. The molecule has 1 aliphatic carbocycles. The van der Waals surface area contributed by atoms with Crippen molar-refractivity contribution in [2.45, 2.75) is 25.8 Å². The summed E-state index contributed by atoms with van der Waals surface area (Å²) >= 11 is 0. The summed E-state index contributed by atoms with van der Waals surface area (Å²) in [4.78, 5) is 2.34. The van der Waals surface area contributed by atoms with E-state index in [9.17, 15) is 0 Å². The molecule has 1 fully saturated rings. The summed E-state index contributed by atoms with van der Waals surface area (Å²) in [6, 6.07) is 7.94. The second-order valence-electron chi connectivity index (χ2n) is 5.06. The topological polar surface area (TPSA) is 53.1 Å². The highest BCUT2D eigenvalue weighted by molar-refractivity contribution is 5.96. The molecule has 1 saturated carbocycles. The minimum absolute atomic E-state index is 0.164. The van der Waals surface area contributed by atoms with Crippen LogP contribution in [0.4, 0.5) is 0 Å². The second kappa shape index (κ2) is 5.32. The minimum atomic E-state index is 0.164. The maximum atomic E-state index is 7.57. The fourth-order valence-electron chi connectivity index (χ4n) is 2.39. The Labute approximate surface area is 103 Å². The van der Waals surface area contributed by atoms with Crippen molar-refractivity contribution in [3.05, 3.63) is 35.4 Å². The second-order valence-corrected chi connectivity index (χ2v) is 5.06. The van der Waals surface area contributed by atoms with Gasteiger partial charge in [-0.1, -0.05) is 30.7 Å². The lowest BCUT2D eigenvalue weighted by Crippen LogP contribution is -2.29. The van der Waals surface area contributed by atoms with Crippen LogP contribution in [-0.2, 0) is 6.54 Å². The maximum Gasteiger partial charge on any atom is 0.123 e. The summed E-state index contributed by atoms with van der Waals surface area (Å²) in [6.07, 6.45) is 4.14. The fraction of sp³-hybridized carbons (Fsp3) is 0.500. The van der Waals surface area contributed by atoms with Gasteiger partial charge < -0.3 is 10.6 Å². The third kappa shape index (κ3) is 3.07. The van der Waals surface area contributed by atoms with Crippen LogP contribution in [0.3, 0.4) is 0 Å². The standard InChI is InChI=1S/C14H21N3/c1-17(9-11-5-4-6-11)10-12-7-2-3-8-13(12)14(15)16/h2-3,7-8,11H,4-6,9-10H2,1H3,(H3,15,16). The van der Waals surface area contributed by atoms with Crippen LogP contribution in [0.2, 0.25) is 0 Å². The number of rotatable bonds is 5. The van der Waals surface area contributed by atoms with E-state index in [1.165, 1.54) is 19.3 Å². The molecule has 17 heavy (non-hydrogen) atoms. The van der Waals surface area contributed by atoms with Crippen molar-refractivity contribution < 1.29 is 0 Å². The first kappa shape index (κ1) is 12.1. The quantitative estimate of drug-likeness (QED) is 0.603. The van der Waals surface area contributed by atoms with Crippen molar-refractivity contribution in [2.24, 2.45) is 11.7 Å². The predicted molar refractivity (Wildman–Crippen MR) is 71.1 cm³/mol. The van der Waals surface area contributed by atoms with Gasteiger partial charge >= 0.3 is 0 Å². The normalized spacial score (nSPS) is 15.9. The van der Waals surface area contributed by atoms with Crippen molar-refractivity contribution in [2.75, 3.05) is 13.6 Å². The molecular formula is C14H21N3. The minimum Gasteiger partial charge on any atom is -0.384 e. The van der Waals surface area contributed by atoms with Gasteiger partial charge in [0.2, 0.25) is 0 Å². The molecule has 0 saturated heterocycles. The molecule has 0 aromatic heterocycles. The Morgan fingerprint density at radius 2 is 2.12 bits per heavy atom. The van der Waals surface area contributed by atoms with Gasteiger partial charge in [0.25, 0.3) is 0 Å². The first-order valence-electron chi connectivity index (χ1n) is 6.27. The van der Waals surface area contributed by atoms with Crippen molar-refractivity contribution in [1.82, 2.24) is 4.90 Å². The average Bonchev–Trinajstić information content (AvgIpc) is 2.24. The Morgan fingerprint density at radius 1 is 1.41 bits per heavy atom. The van der Waals surface area contributed by atoms with Gasteiger partial charge in [0, 0.05) is 18.7 Å². The van der Waals surface area contributed by atoms with Gasteiger partial charge in [-0.05, 0) is 31.4 Å². The highest BCUT2D eigenvalue weighted by Crippen LogP contribution is 2.27. The molecule has 1 aliphatic rings. The first-order chi connectivity index (χ1) is 8.16. The summed E-state index contributed by atoms with van der Waals surface area (Å²) in [5.41, 5.74) is 7.62. The van der Waals surface area contributed by atoms with Crippen LogP contribution in [0.5, 0.6) is 0 Å². The van der Waals surface area contributed by atoms with Gasteiger partial charge in [-0.3, -0.25) is 5.41 Å². The van der Waals surface area contributed by atoms with Crippen LogP contribution in [0.1, 0.15) is 30.4 Å². The molecule has 0 atom stereocenters. The molecule has 0 radical (unpaired) electrons. The maximum absolute atomic E-state index is 7.57. The molecule has 0 amide bonds. The van der Waals surface area contributed by atoms with E-state index in [2.05, 4.69) is 18.0 Å². The summed E-state index contributed by atoms with van der Waals surface area (Å²) in [6.45, 7) is 2.04. The molecule has 0 aliphatic heterocycles. The van der Waals surface area contributed by atoms with Crippen LogP contribution < -0.4 is 5.73 Å². The van der Waals surface area contributed by atoms with Gasteiger partial charge in [0.05, 0.1) is 0 Å². The summed E-state index contributed by atoms with van der Waals surface area (Å²) in [5, 5.41) is 7.57. The molecule has 92 valence electrons. The number of nitrogens with one attached hydrogen (secondary N) is 1. The predicted octanol–water partition coefficient (Wildman–Crippen LogP) is 2.20. The van der Waals surface area contributed by atoms with Crippen LogP contribution in [0.15, 0.2) is 24.3 Å². The van der Waals surface area contributed by atoms with E-state index in [0.717, 1.165) is 30.1 Å². The number of hydrogen-bond acceptors (Lipinski definition) is 2. The smallest absolute Gasteiger partial charge is 0.123 e. The molecule has 0 heterocycles. The number of benzene rings is 1. The molecule has 0 bridgehead atoms. The summed E-state index contributed by atoms with van der Waals surface area (Å²) in [7, 11) is 2.15. The third-order valence-electron chi connectivity index (χ3n) is 3.54. The van der Waals surface area contributed by atoms with Gasteiger partial charge in [-0.2, -0.15) is 0 Å². The van der Waals surface area contributed by atoms with E-state index in [1.807, 2.05) is 18.2 Å². The molecule has 2 rings (SSSR count). The number of nitrogens with two attached hydrogens (primary N) is 1. The van der Waals surface area contributed by atoms with Crippen LogP contribution in [0, 0.1) is 11.3 Å². The number of amidine groups is 1. The monoisotopic (exact) mass is 231 g/mol. The van der Waals surface area contributed by atoms with E-state index >= 15 is 0 Å². The van der Waals surface area contributed by atoms with E-state index in [0.29, 0.717) is 0 Å². The van der Waals surface area contributed by atoms with Gasteiger partial charge in [-0.25, -0.2) is 0 Å². The molecule has 1 aromatic rings. The van der Waals surface area contributed by atoms with Gasteiger partial charge in [0.1, 0.15) is 5.84 Å². The Balaban J connectivity index is 1.99. The van der Waals surface area contributed by atoms with Crippen LogP contribution >= 0.6 is 0 Å². The van der Waals surface area contributed by atoms with Gasteiger partial charge in [-0.15, -0.1) is 0 Å². The molecular weight excluding hydrogens is 210 g/mol. The molecule has 0 spiro atoms. The number of hydrogen-bond donors (Lipinski definition) is 2. The lowest BCUT2D eigenvalue weighted by Gasteiger charge is -2.30. The van der Waals surface area contributed by atoms with Crippen molar-refractivity contribution >= 4 is 5.84 Å². The van der Waals surface area contributed by atoms with Crippen LogP contribution in [-0.4, -0.2) is 24.3 Å². The van der Waals surface area contributed by atoms with E-state index in [-0.39, 0.29) is 5.84 Å². The van der Waals surface area contributed by atoms with Crippen molar-refractivity contribution in [1.29, 1.82) is 5.41 Å². The zero-order valence-corrected chi connectivity index (χ0v) is 10.4. The van der Waals surface area contributed by atoms with Crippen molar-refractivity contribution in [3.63, 3.8) is 0 Å². The van der Waals surface area contributed by atoms with E-state index < -0.39 is 0 Å². The number of nitrogen functional groups attached to an aromatic ring is 1. The molecule has 3 heteroatoms. The van der Waals surface area contributed by atoms with Gasteiger partial charge in [0.15, 0.2) is 0 Å². The molecule has 0 unspecified atom stereocenters. The third-order valence-corrected chi connectivity index (χ3v) is 3.54. The zero-order chi connectivity index (χ0) is 12.3. The van der Waals surface area contributed by atoms with Crippen molar-refractivity contribution in [3.8, 4) is 0 Å². The zero-order valence-electron chi connectivity index (χ0n) is 10.4. The van der Waals surface area contributed by atoms with Crippen LogP contribution in [0.25, 0.3) is 0 Å². The average molecular weight is 231 g/mol. The molecule has 1 aromatic carbocycles. The Bertz CT molecular complexity index is 396. The Kier molecular flexibility index (Phi) is 3.79. The molecule has 3 N–H and O–H groups in total. The highest BCUT2D eigenvalue weighted by Gasteiger charge is 2.19. The largest absolute Gasteiger partial charge is 0.384 e. The first-order valence-corrected chi connectivity index (χ1v) is 6.27.